The third kappa shape index (κ3) is 3.64. The summed E-state index contributed by atoms with van der Waals surface area (Å²) in [5, 5.41) is 19.2. The molecule has 4 nitrogen and oxygen atoms in total. The van der Waals surface area contributed by atoms with Crippen molar-refractivity contribution < 1.29 is 5.11 Å². The molecule has 3 aromatic carbocycles. The average Bonchev–Trinajstić information content (AvgIpc) is 2.96. The van der Waals surface area contributed by atoms with Crippen LogP contribution in [0.1, 0.15) is 33.9 Å². The van der Waals surface area contributed by atoms with Crippen molar-refractivity contribution in [1.29, 1.82) is 5.41 Å². The van der Waals surface area contributed by atoms with Crippen molar-refractivity contribution >= 4 is 11.0 Å². The molecule has 1 heterocycles. The number of hydrogen-bond acceptors (Lipinski definition) is 2. The van der Waals surface area contributed by atoms with Crippen LogP contribution in [0.5, 0.6) is 0 Å². The van der Waals surface area contributed by atoms with Crippen LogP contribution in [0.3, 0.4) is 0 Å². The zero-order valence-electron chi connectivity index (χ0n) is 17.2. The van der Waals surface area contributed by atoms with Gasteiger partial charge in [-0.2, -0.15) is 0 Å². The number of imidazole rings is 1. The number of nitrogens with zero attached hydrogens (tertiary/aromatic N) is 2. The molecule has 0 saturated heterocycles. The fraction of sp³-hybridized carbons (Fsp3) is 0.240. The third-order valence-electron chi connectivity index (χ3n) is 5.48. The van der Waals surface area contributed by atoms with E-state index in [-0.39, 0.29) is 12.6 Å². The molecule has 4 rings (SSSR count). The van der Waals surface area contributed by atoms with E-state index in [2.05, 4.69) is 57.2 Å². The molecular weight excluding hydrogens is 358 g/mol. The number of fused-ring (bicyclic) bond motifs is 1. The number of aliphatic hydroxyl groups excluding tert-OH is 1. The van der Waals surface area contributed by atoms with Gasteiger partial charge in [0.25, 0.3) is 0 Å². The van der Waals surface area contributed by atoms with Gasteiger partial charge in [0, 0.05) is 0 Å². The van der Waals surface area contributed by atoms with Crippen LogP contribution in [0.2, 0.25) is 0 Å². The van der Waals surface area contributed by atoms with Crippen molar-refractivity contribution in [2.45, 2.75) is 33.4 Å². The predicted molar refractivity (Wildman–Crippen MR) is 117 cm³/mol. The Labute approximate surface area is 171 Å². The Bertz CT molecular complexity index is 1200. The first-order chi connectivity index (χ1) is 14.0. The maximum Gasteiger partial charge on any atom is 0.203 e. The van der Waals surface area contributed by atoms with Crippen LogP contribution in [0.4, 0.5) is 0 Å². The number of nitrogens with one attached hydrogen (secondary N) is 1. The fourth-order valence-corrected chi connectivity index (χ4v) is 4.20. The van der Waals surface area contributed by atoms with Crippen molar-refractivity contribution in [3.8, 4) is 0 Å². The van der Waals surface area contributed by atoms with E-state index < -0.39 is 0 Å². The number of para-hydroxylation sites is 2. The van der Waals surface area contributed by atoms with Crippen LogP contribution in [0.15, 0.2) is 66.7 Å². The van der Waals surface area contributed by atoms with Gasteiger partial charge in [0.2, 0.25) is 5.62 Å². The first kappa shape index (κ1) is 19.2. The molecule has 0 saturated carbocycles. The largest absolute Gasteiger partial charge is 0.394 e. The highest BCUT2D eigenvalue weighted by atomic mass is 16.3. The molecule has 4 aromatic rings. The summed E-state index contributed by atoms with van der Waals surface area (Å²) in [5.41, 5.74) is 8.17. The minimum Gasteiger partial charge on any atom is -0.394 e. The number of hydrogen-bond donors (Lipinski definition) is 2. The van der Waals surface area contributed by atoms with E-state index in [4.69, 9.17) is 5.41 Å². The molecule has 0 aliphatic carbocycles. The van der Waals surface area contributed by atoms with E-state index in [1.165, 1.54) is 22.3 Å². The summed E-state index contributed by atoms with van der Waals surface area (Å²) in [6, 6.07) is 22.5. The van der Waals surface area contributed by atoms with E-state index >= 15 is 0 Å². The number of aromatic nitrogens is 2. The van der Waals surface area contributed by atoms with E-state index in [0.717, 1.165) is 16.6 Å². The van der Waals surface area contributed by atoms with Crippen molar-refractivity contribution in [3.63, 3.8) is 0 Å². The topological polar surface area (TPSA) is 53.9 Å². The van der Waals surface area contributed by atoms with Gasteiger partial charge in [-0.25, -0.2) is 0 Å². The molecule has 2 N–H and O–H groups in total. The van der Waals surface area contributed by atoms with Gasteiger partial charge in [-0.3, -0.25) is 5.41 Å². The maximum absolute atomic E-state index is 10.2. The number of aryl methyl sites for hydroxylation is 3. The lowest BCUT2D eigenvalue weighted by molar-refractivity contribution is 0.247. The second-order valence-corrected chi connectivity index (χ2v) is 7.87. The summed E-state index contributed by atoms with van der Waals surface area (Å²) in [6.45, 7) is 6.82. The van der Waals surface area contributed by atoms with Gasteiger partial charge in [-0.05, 0) is 44.0 Å². The summed E-state index contributed by atoms with van der Waals surface area (Å²) >= 11 is 0. The zero-order chi connectivity index (χ0) is 20.5. The van der Waals surface area contributed by atoms with Crippen molar-refractivity contribution in [1.82, 2.24) is 9.13 Å². The molecule has 0 radical (unpaired) electrons. The van der Waals surface area contributed by atoms with Crippen LogP contribution in [0, 0.1) is 26.2 Å². The van der Waals surface area contributed by atoms with Crippen LogP contribution in [-0.2, 0) is 6.54 Å². The summed E-state index contributed by atoms with van der Waals surface area (Å²) in [5.74, 6) is 0. The van der Waals surface area contributed by atoms with E-state index in [1.807, 2.05) is 39.5 Å². The Morgan fingerprint density at radius 1 is 0.828 bits per heavy atom. The van der Waals surface area contributed by atoms with Gasteiger partial charge in [0.15, 0.2) is 0 Å². The molecule has 0 fully saturated rings. The predicted octanol–water partition coefficient (Wildman–Crippen LogP) is 4.48. The minimum absolute atomic E-state index is 0.0584. The normalized spacial score (nSPS) is 12.4. The molecule has 29 heavy (non-hydrogen) atoms. The quantitative estimate of drug-likeness (QED) is 0.523. The highest BCUT2D eigenvalue weighted by Gasteiger charge is 2.20. The molecule has 1 atom stereocenters. The lowest BCUT2D eigenvalue weighted by Crippen LogP contribution is -2.30. The summed E-state index contributed by atoms with van der Waals surface area (Å²) in [7, 11) is 0. The first-order valence-corrected chi connectivity index (χ1v) is 9.97. The molecule has 0 aliphatic heterocycles. The Morgan fingerprint density at radius 2 is 1.45 bits per heavy atom. The molecular formula is C25H27N3O. The first-order valence-electron chi connectivity index (χ1n) is 9.97. The van der Waals surface area contributed by atoms with Gasteiger partial charge < -0.3 is 14.2 Å². The standard InChI is InChI=1S/C25H27N3O/c1-17-8-10-21(11-9-17)24(16-29)28-23-7-5-4-6-22(23)27(25(28)26)15-20-13-18(2)12-19(3)14-20/h4-14,24,26,29H,15-16H2,1-3H3. The van der Waals surface area contributed by atoms with Gasteiger partial charge in [-0.15, -0.1) is 0 Å². The molecule has 0 bridgehead atoms. The van der Waals surface area contributed by atoms with Crippen LogP contribution >= 0.6 is 0 Å². The second kappa shape index (κ2) is 7.72. The maximum atomic E-state index is 10.2. The summed E-state index contributed by atoms with van der Waals surface area (Å²) in [4.78, 5) is 0. The Kier molecular flexibility index (Phi) is 5.12. The molecule has 0 spiro atoms. The molecule has 148 valence electrons. The van der Waals surface area contributed by atoms with Crippen LogP contribution in [0.25, 0.3) is 11.0 Å². The SMILES string of the molecule is Cc1ccc(C(CO)n2c(=N)n(Cc3cc(C)cc(C)c3)c3ccccc32)cc1. The Balaban J connectivity index is 1.88. The van der Waals surface area contributed by atoms with E-state index in [0.29, 0.717) is 12.2 Å². The summed E-state index contributed by atoms with van der Waals surface area (Å²) in [6.07, 6.45) is 0. The molecule has 0 aliphatic rings. The van der Waals surface area contributed by atoms with Gasteiger partial charge in [-0.1, -0.05) is 71.3 Å². The number of rotatable bonds is 5. The van der Waals surface area contributed by atoms with Crippen molar-refractivity contribution in [2.75, 3.05) is 6.61 Å². The highest BCUT2D eigenvalue weighted by Crippen LogP contribution is 2.24. The molecule has 1 unspecified atom stereocenters. The number of aliphatic hydroxyl groups is 1. The lowest BCUT2D eigenvalue weighted by atomic mass is 10.1. The van der Waals surface area contributed by atoms with Gasteiger partial charge in [0.1, 0.15) is 0 Å². The highest BCUT2D eigenvalue weighted by molar-refractivity contribution is 5.76. The lowest BCUT2D eigenvalue weighted by Gasteiger charge is -2.18. The van der Waals surface area contributed by atoms with E-state index in [1.54, 1.807) is 0 Å². The molecule has 0 amide bonds. The third-order valence-corrected chi connectivity index (χ3v) is 5.48. The van der Waals surface area contributed by atoms with Gasteiger partial charge in [0.05, 0.1) is 30.2 Å². The van der Waals surface area contributed by atoms with Gasteiger partial charge >= 0.3 is 0 Å². The Hall–Kier alpha value is -3.11. The monoisotopic (exact) mass is 385 g/mol. The van der Waals surface area contributed by atoms with Crippen molar-refractivity contribution in [3.05, 3.63) is 100 Å². The second-order valence-electron chi connectivity index (χ2n) is 7.87. The zero-order valence-corrected chi connectivity index (χ0v) is 17.2. The molecule has 4 heteroatoms. The van der Waals surface area contributed by atoms with Crippen LogP contribution in [-0.4, -0.2) is 20.8 Å². The molecule has 1 aromatic heterocycles. The minimum atomic E-state index is -0.298. The fourth-order valence-electron chi connectivity index (χ4n) is 4.20. The van der Waals surface area contributed by atoms with Crippen LogP contribution < -0.4 is 5.62 Å². The Morgan fingerprint density at radius 3 is 2.07 bits per heavy atom. The summed E-state index contributed by atoms with van der Waals surface area (Å²) < 4.78 is 3.98. The number of benzene rings is 3. The smallest absolute Gasteiger partial charge is 0.203 e. The average molecular weight is 386 g/mol. The van der Waals surface area contributed by atoms with Crippen molar-refractivity contribution in [2.24, 2.45) is 0 Å². The van der Waals surface area contributed by atoms with E-state index in [9.17, 15) is 5.11 Å².